The number of aromatic nitrogens is 3. The number of benzene rings is 6. The molecule has 0 aliphatic rings. The van der Waals surface area contributed by atoms with Gasteiger partial charge in [-0.1, -0.05) is 121 Å². The number of pyridine rings is 1. The standard InChI is InChI=1S/C49H39N3/c1-32-34(3)51(48-21-13-11-19-44(32)48)42-27-40(28-43(31-42)52-35(4)33(2)45-20-12-14-22-49(45)52)36-23-25-37(26-24-36)41-29-46(38-15-7-5-8-16-38)50-47(30-41)39-17-9-6-10-18-39/h5-31H,1-4H3. The van der Waals surface area contributed by atoms with Gasteiger partial charge in [0, 0.05) is 44.7 Å². The molecule has 0 bridgehead atoms. The van der Waals surface area contributed by atoms with E-state index in [9.17, 15) is 0 Å². The highest BCUT2D eigenvalue weighted by molar-refractivity contribution is 5.90. The fourth-order valence-corrected chi connectivity index (χ4v) is 7.81. The summed E-state index contributed by atoms with van der Waals surface area (Å²) in [6.07, 6.45) is 0. The Labute approximate surface area is 305 Å². The van der Waals surface area contributed by atoms with E-state index in [2.05, 4.69) is 188 Å². The summed E-state index contributed by atoms with van der Waals surface area (Å²) in [4.78, 5) is 5.10. The normalized spacial score (nSPS) is 11.5. The van der Waals surface area contributed by atoms with Gasteiger partial charge in [-0.15, -0.1) is 0 Å². The molecule has 3 heterocycles. The molecule has 0 spiro atoms. The Morgan fingerprint density at radius 1 is 0.346 bits per heavy atom. The Morgan fingerprint density at radius 2 is 0.731 bits per heavy atom. The third-order valence-corrected chi connectivity index (χ3v) is 10.8. The number of nitrogens with zero attached hydrogens (tertiary/aromatic N) is 3. The molecule has 0 saturated heterocycles. The van der Waals surface area contributed by atoms with Crippen LogP contribution >= 0.6 is 0 Å². The third-order valence-electron chi connectivity index (χ3n) is 10.8. The van der Waals surface area contributed by atoms with Crippen LogP contribution < -0.4 is 0 Å². The lowest BCUT2D eigenvalue weighted by molar-refractivity contribution is 1.01. The van der Waals surface area contributed by atoms with Gasteiger partial charge >= 0.3 is 0 Å². The molecule has 0 aliphatic heterocycles. The predicted octanol–water partition coefficient (Wildman–Crippen LogP) is 12.9. The quantitative estimate of drug-likeness (QED) is 0.173. The first kappa shape index (κ1) is 31.5. The van der Waals surface area contributed by atoms with Crippen LogP contribution in [0.25, 0.3) is 77.9 Å². The monoisotopic (exact) mass is 669 g/mol. The summed E-state index contributed by atoms with van der Waals surface area (Å²) in [5.41, 5.74) is 18.7. The highest BCUT2D eigenvalue weighted by Gasteiger charge is 2.18. The maximum Gasteiger partial charge on any atom is 0.0715 e. The summed E-state index contributed by atoms with van der Waals surface area (Å²) in [7, 11) is 0. The van der Waals surface area contributed by atoms with Crippen LogP contribution in [-0.2, 0) is 0 Å². The summed E-state index contributed by atoms with van der Waals surface area (Å²) >= 11 is 0. The second-order valence-corrected chi connectivity index (χ2v) is 13.8. The molecule has 0 amide bonds. The van der Waals surface area contributed by atoms with Crippen molar-refractivity contribution in [3.63, 3.8) is 0 Å². The summed E-state index contributed by atoms with van der Waals surface area (Å²) in [6.45, 7) is 8.93. The van der Waals surface area contributed by atoms with Crippen LogP contribution in [0.5, 0.6) is 0 Å². The zero-order chi connectivity index (χ0) is 35.3. The van der Waals surface area contributed by atoms with E-state index < -0.39 is 0 Å². The van der Waals surface area contributed by atoms with Gasteiger partial charge < -0.3 is 9.13 Å². The lowest BCUT2D eigenvalue weighted by Crippen LogP contribution is -2.02. The van der Waals surface area contributed by atoms with Crippen molar-refractivity contribution < 1.29 is 0 Å². The van der Waals surface area contributed by atoms with Crippen LogP contribution in [0.2, 0.25) is 0 Å². The maximum absolute atomic E-state index is 5.10. The summed E-state index contributed by atoms with van der Waals surface area (Å²) in [5, 5.41) is 2.58. The minimum Gasteiger partial charge on any atom is -0.314 e. The van der Waals surface area contributed by atoms with E-state index in [0.717, 1.165) is 45.0 Å². The lowest BCUT2D eigenvalue weighted by atomic mass is 9.97. The van der Waals surface area contributed by atoms with Crippen molar-refractivity contribution in [1.82, 2.24) is 14.1 Å². The number of fused-ring (bicyclic) bond motifs is 2. The summed E-state index contributed by atoms with van der Waals surface area (Å²) in [6, 6.07) is 58.9. The molecule has 0 saturated carbocycles. The van der Waals surface area contributed by atoms with Crippen molar-refractivity contribution in [1.29, 1.82) is 0 Å². The van der Waals surface area contributed by atoms with Crippen LogP contribution in [0, 0.1) is 27.7 Å². The largest absolute Gasteiger partial charge is 0.314 e. The molecular formula is C49H39N3. The zero-order valence-electron chi connectivity index (χ0n) is 29.9. The van der Waals surface area contributed by atoms with E-state index in [-0.39, 0.29) is 0 Å². The molecule has 9 rings (SSSR count). The molecule has 52 heavy (non-hydrogen) atoms. The molecule has 0 aliphatic carbocycles. The van der Waals surface area contributed by atoms with Crippen molar-refractivity contribution in [3.05, 3.63) is 186 Å². The molecule has 250 valence electrons. The molecule has 0 atom stereocenters. The van der Waals surface area contributed by atoms with Gasteiger partial charge in [-0.3, -0.25) is 0 Å². The van der Waals surface area contributed by atoms with Gasteiger partial charge in [-0.25, -0.2) is 4.98 Å². The van der Waals surface area contributed by atoms with Gasteiger partial charge in [0.25, 0.3) is 0 Å². The van der Waals surface area contributed by atoms with Crippen molar-refractivity contribution >= 4 is 21.8 Å². The second-order valence-electron chi connectivity index (χ2n) is 13.8. The fraction of sp³-hybridized carbons (Fsp3) is 0.0816. The highest BCUT2D eigenvalue weighted by Crippen LogP contribution is 2.37. The van der Waals surface area contributed by atoms with Gasteiger partial charge in [0.1, 0.15) is 0 Å². The number of hydrogen-bond donors (Lipinski definition) is 0. The highest BCUT2D eigenvalue weighted by atomic mass is 15.0. The van der Waals surface area contributed by atoms with E-state index in [0.29, 0.717) is 0 Å². The van der Waals surface area contributed by atoms with E-state index >= 15 is 0 Å². The third kappa shape index (κ3) is 5.34. The zero-order valence-corrected chi connectivity index (χ0v) is 29.9. The topological polar surface area (TPSA) is 22.8 Å². The van der Waals surface area contributed by atoms with Crippen molar-refractivity contribution in [2.24, 2.45) is 0 Å². The predicted molar refractivity (Wildman–Crippen MR) is 219 cm³/mol. The van der Waals surface area contributed by atoms with Crippen LogP contribution in [0.1, 0.15) is 22.5 Å². The first-order valence-electron chi connectivity index (χ1n) is 18.0. The lowest BCUT2D eigenvalue weighted by Gasteiger charge is -2.17. The smallest absolute Gasteiger partial charge is 0.0715 e. The van der Waals surface area contributed by atoms with E-state index in [4.69, 9.17) is 4.98 Å². The van der Waals surface area contributed by atoms with Crippen molar-refractivity contribution in [2.45, 2.75) is 27.7 Å². The summed E-state index contributed by atoms with van der Waals surface area (Å²) in [5.74, 6) is 0. The molecule has 3 nitrogen and oxygen atoms in total. The summed E-state index contributed by atoms with van der Waals surface area (Å²) < 4.78 is 4.85. The Balaban J connectivity index is 1.21. The molecule has 0 N–H and O–H groups in total. The van der Waals surface area contributed by atoms with Crippen molar-refractivity contribution in [2.75, 3.05) is 0 Å². The Bertz CT molecular complexity index is 2590. The van der Waals surface area contributed by atoms with Crippen molar-refractivity contribution in [3.8, 4) is 56.1 Å². The molecule has 9 aromatic rings. The number of hydrogen-bond acceptors (Lipinski definition) is 1. The van der Waals surface area contributed by atoms with Gasteiger partial charge in [0.2, 0.25) is 0 Å². The Morgan fingerprint density at radius 3 is 1.17 bits per heavy atom. The van der Waals surface area contributed by atoms with Crippen LogP contribution in [-0.4, -0.2) is 14.1 Å². The molecular weight excluding hydrogens is 631 g/mol. The Kier molecular flexibility index (Phi) is 7.70. The van der Waals surface area contributed by atoms with Gasteiger partial charge in [-0.2, -0.15) is 0 Å². The molecule has 0 unspecified atom stereocenters. The first-order chi connectivity index (χ1) is 25.4. The van der Waals surface area contributed by atoms with E-state index in [1.807, 2.05) is 12.1 Å². The van der Waals surface area contributed by atoms with Gasteiger partial charge in [0.05, 0.1) is 22.4 Å². The minimum atomic E-state index is 0.965. The minimum absolute atomic E-state index is 0.965. The Hall–Kier alpha value is -6.45. The number of para-hydroxylation sites is 2. The molecule has 0 radical (unpaired) electrons. The SMILES string of the molecule is Cc1c(C)n(-c2cc(-c3ccc(-c4cc(-c5ccccc5)nc(-c5ccccc5)c4)cc3)cc(-n3c(C)c(C)c4ccccc43)c2)c2ccccc12. The van der Waals surface area contributed by atoms with Crippen LogP contribution in [0.3, 0.4) is 0 Å². The number of rotatable bonds is 6. The average molecular weight is 670 g/mol. The van der Waals surface area contributed by atoms with Crippen LogP contribution in [0.4, 0.5) is 0 Å². The first-order valence-corrected chi connectivity index (χ1v) is 18.0. The number of aryl methyl sites for hydroxylation is 2. The van der Waals surface area contributed by atoms with Gasteiger partial charge in [0.15, 0.2) is 0 Å². The molecule has 6 aromatic carbocycles. The van der Waals surface area contributed by atoms with Crippen LogP contribution in [0.15, 0.2) is 164 Å². The second kappa shape index (κ2) is 12.7. The molecule has 3 heteroatoms. The maximum atomic E-state index is 5.10. The fourth-order valence-electron chi connectivity index (χ4n) is 7.81. The van der Waals surface area contributed by atoms with Gasteiger partial charge in [-0.05, 0) is 104 Å². The van der Waals surface area contributed by atoms with E-state index in [1.165, 1.54) is 55.4 Å². The average Bonchev–Trinajstić information content (AvgIpc) is 3.62. The van der Waals surface area contributed by atoms with E-state index in [1.54, 1.807) is 0 Å². The molecule has 0 fully saturated rings. The molecule has 3 aromatic heterocycles.